The number of fused-ring (bicyclic) bond motifs is 1. The van der Waals surface area contributed by atoms with E-state index in [1.165, 1.54) is 37.3 Å². The van der Waals surface area contributed by atoms with Crippen LogP contribution in [0.15, 0.2) is 47.1 Å². The Morgan fingerprint density at radius 3 is 2.79 bits per heavy atom. The fourth-order valence-electron chi connectivity index (χ4n) is 4.28. The number of nitrogens with one attached hydrogen (secondary N) is 1. The molecule has 0 saturated heterocycles. The fraction of sp³-hybridized carbons (Fsp3) is 0.231. The number of aliphatic hydroxyl groups excluding tert-OH is 1. The van der Waals surface area contributed by atoms with Gasteiger partial charge in [0.1, 0.15) is 11.4 Å². The van der Waals surface area contributed by atoms with Crippen molar-refractivity contribution in [2.24, 2.45) is 0 Å². The number of nitrogens with zero attached hydrogens (tertiary/aromatic N) is 5. The summed E-state index contributed by atoms with van der Waals surface area (Å²) in [5, 5.41) is 30.8. The molecule has 0 saturated carbocycles. The van der Waals surface area contributed by atoms with E-state index < -0.39 is 24.1 Å². The predicted molar refractivity (Wildman–Crippen MR) is 141 cm³/mol. The maximum Gasteiger partial charge on any atom is 0.280 e. The van der Waals surface area contributed by atoms with E-state index in [0.29, 0.717) is 27.6 Å². The summed E-state index contributed by atoms with van der Waals surface area (Å²) < 4.78 is 32.6. The van der Waals surface area contributed by atoms with Crippen molar-refractivity contribution in [2.75, 3.05) is 12.4 Å². The molecular formula is C26H20F2N6O3S2. The quantitative estimate of drug-likeness (QED) is 0.292. The zero-order valence-electron chi connectivity index (χ0n) is 20.6. The minimum atomic E-state index is -2.80. The van der Waals surface area contributed by atoms with Gasteiger partial charge in [-0.2, -0.15) is 5.26 Å². The molecule has 9 nitrogen and oxygen atoms in total. The molecule has 3 heterocycles. The summed E-state index contributed by atoms with van der Waals surface area (Å²) in [5.41, 5.74) is 3.07. The summed E-state index contributed by atoms with van der Waals surface area (Å²) in [6.07, 6.45) is -0.415. The second kappa shape index (κ2) is 11.0. The molecule has 4 aromatic rings. The molecule has 1 aliphatic rings. The summed E-state index contributed by atoms with van der Waals surface area (Å²) in [5.74, 6) is -0.327. The van der Waals surface area contributed by atoms with Gasteiger partial charge in [0.05, 0.1) is 36.6 Å². The van der Waals surface area contributed by atoms with E-state index in [4.69, 9.17) is 10.00 Å². The lowest BCUT2D eigenvalue weighted by Gasteiger charge is -2.14. The highest BCUT2D eigenvalue weighted by atomic mass is 32.2. The third-order valence-corrected chi connectivity index (χ3v) is 8.34. The lowest BCUT2D eigenvalue weighted by atomic mass is 9.99. The lowest BCUT2D eigenvalue weighted by Crippen LogP contribution is -2.14. The van der Waals surface area contributed by atoms with E-state index in [0.717, 1.165) is 22.5 Å². The number of pyridine rings is 2. The molecule has 0 fully saturated rings. The van der Waals surface area contributed by atoms with Gasteiger partial charge >= 0.3 is 0 Å². The van der Waals surface area contributed by atoms with Crippen LogP contribution in [0.25, 0.3) is 11.1 Å². The van der Waals surface area contributed by atoms with Crippen LogP contribution in [0.4, 0.5) is 13.9 Å². The Morgan fingerprint density at radius 2 is 2.05 bits per heavy atom. The molecule has 39 heavy (non-hydrogen) atoms. The summed E-state index contributed by atoms with van der Waals surface area (Å²) >= 11 is 2.48. The van der Waals surface area contributed by atoms with Gasteiger partial charge in [-0.3, -0.25) is 20.1 Å². The number of benzene rings is 1. The number of methoxy groups -OCH3 is 1. The normalized spacial score (nSPS) is 16.1. The maximum absolute atomic E-state index is 13.4. The number of alkyl halides is 2. The first-order chi connectivity index (χ1) is 18.8. The van der Waals surface area contributed by atoms with Gasteiger partial charge in [-0.15, -0.1) is 10.2 Å². The molecule has 2 atom stereocenters. The van der Waals surface area contributed by atoms with Crippen molar-refractivity contribution in [1.82, 2.24) is 20.2 Å². The Labute approximate surface area is 229 Å². The molecule has 0 bridgehead atoms. The summed E-state index contributed by atoms with van der Waals surface area (Å²) in [6.45, 7) is 1.72. The summed E-state index contributed by atoms with van der Waals surface area (Å²) in [7, 11) is 1.39. The number of anilines is 1. The van der Waals surface area contributed by atoms with Crippen LogP contribution in [0.3, 0.4) is 0 Å². The highest BCUT2D eigenvalue weighted by Crippen LogP contribution is 2.43. The van der Waals surface area contributed by atoms with Crippen molar-refractivity contribution in [3.05, 3.63) is 76.4 Å². The number of aliphatic hydroxyl groups is 1. The number of carbonyl (C=O) groups excluding carboxylic acids is 1. The van der Waals surface area contributed by atoms with Crippen LogP contribution < -0.4 is 10.1 Å². The number of hydrogen-bond acceptors (Lipinski definition) is 10. The molecule has 1 aliphatic carbocycles. The Balaban J connectivity index is 1.36. The first-order valence-electron chi connectivity index (χ1n) is 11.6. The second-order valence-electron chi connectivity index (χ2n) is 8.64. The molecule has 1 aromatic carbocycles. The van der Waals surface area contributed by atoms with Crippen LogP contribution in [-0.4, -0.2) is 43.5 Å². The molecule has 0 spiro atoms. The highest BCUT2D eigenvalue weighted by Gasteiger charge is 2.33. The summed E-state index contributed by atoms with van der Waals surface area (Å²) in [4.78, 5) is 21.2. The molecule has 1 amide bonds. The minimum absolute atomic E-state index is 0.129. The Morgan fingerprint density at radius 1 is 1.23 bits per heavy atom. The van der Waals surface area contributed by atoms with Crippen molar-refractivity contribution in [1.29, 1.82) is 5.26 Å². The van der Waals surface area contributed by atoms with E-state index in [1.807, 2.05) is 6.07 Å². The largest absolute Gasteiger partial charge is 0.494 e. The fourth-order valence-corrected chi connectivity index (χ4v) is 6.44. The molecular weight excluding hydrogens is 546 g/mol. The number of rotatable bonds is 7. The van der Waals surface area contributed by atoms with Crippen LogP contribution in [0.2, 0.25) is 0 Å². The molecule has 0 aliphatic heterocycles. The first-order valence-corrected chi connectivity index (χ1v) is 13.3. The van der Waals surface area contributed by atoms with Gasteiger partial charge in [0.25, 0.3) is 12.3 Å². The van der Waals surface area contributed by atoms with E-state index in [2.05, 4.69) is 31.6 Å². The molecule has 3 aromatic heterocycles. The third-order valence-electron chi connectivity index (χ3n) is 6.15. The minimum Gasteiger partial charge on any atom is -0.494 e. The molecule has 13 heteroatoms. The third kappa shape index (κ3) is 5.44. The lowest BCUT2D eigenvalue weighted by molar-refractivity contribution is 0.102. The van der Waals surface area contributed by atoms with Gasteiger partial charge in [0.2, 0.25) is 5.13 Å². The molecule has 5 rings (SSSR count). The van der Waals surface area contributed by atoms with Crippen molar-refractivity contribution in [2.45, 2.75) is 35.5 Å². The second-order valence-corrected chi connectivity index (χ2v) is 11.1. The number of thioether (sulfide) groups is 1. The van der Waals surface area contributed by atoms with Gasteiger partial charge < -0.3 is 9.84 Å². The van der Waals surface area contributed by atoms with Crippen molar-refractivity contribution in [3.8, 4) is 22.9 Å². The number of ether oxygens (including phenoxy) is 1. The van der Waals surface area contributed by atoms with Gasteiger partial charge in [0.15, 0.2) is 4.34 Å². The van der Waals surface area contributed by atoms with Crippen molar-refractivity contribution < 1.29 is 23.4 Å². The standard InChI is InChI=1S/C26H20F2N6O3S2/c1-12-5-16(17-8-19(23(27)28)31-11-20(17)37-2)18(10-30-12)24(36)32-25-33-34-26(39-25)38-21-7-14-4-3-13(9-29)6-15(14)22(21)35/h3-6,8,10-11,21-23,35H,7H2,1-2H3,(H,32,33,36)/t21-,22-/m1/s1. The predicted octanol–water partition coefficient (Wildman–Crippen LogP) is 5.12. The SMILES string of the molecule is COc1cnc(C(F)F)cc1-c1cc(C)ncc1C(=O)Nc1nnc(S[C@@H]2Cc3ccc(C#N)cc3[C@H]2O)s1. The summed E-state index contributed by atoms with van der Waals surface area (Å²) in [6, 6.07) is 10.2. The molecule has 2 N–H and O–H groups in total. The number of nitriles is 1. The van der Waals surface area contributed by atoms with Gasteiger partial charge in [-0.05, 0) is 48.7 Å². The zero-order chi connectivity index (χ0) is 27.7. The number of halogens is 2. The van der Waals surface area contributed by atoms with E-state index in [9.17, 15) is 18.7 Å². The van der Waals surface area contributed by atoms with Crippen molar-refractivity contribution >= 4 is 34.1 Å². The van der Waals surface area contributed by atoms with E-state index in [-0.39, 0.29) is 27.3 Å². The van der Waals surface area contributed by atoms with Crippen LogP contribution in [0, 0.1) is 18.3 Å². The van der Waals surface area contributed by atoms with Gasteiger partial charge in [-0.1, -0.05) is 29.2 Å². The number of hydrogen-bond donors (Lipinski definition) is 2. The molecule has 0 unspecified atom stereocenters. The number of aromatic nitrogens is 4. The number of amides is 1. The van der Waals surface area contributed by atoms with Crippen LogP contribution >= 0.6 is 23.1 Å². The first kappa shape index (κ1) is 26.6. The Kier molecular flexibility index (Phi) is 7.51. The average Bonchev–Trinajstić information content (AvgIpc) is 3.50. The molecule has 0 radical (unpaired) electrons. The van der Waals surface area contributed by atoms with E-state index >= 15 is 0 Å². The van der Waals surface area contributed by atoms with E-state index in [1.54, 1.807) is 25.1 Å². The zero-order valence-corrected chi connectivity index (χ0v) is 22.2. The smallest absolute Gasteiger partial charge is 0.280 e. The van der Waals surface area contributed by atoms with Gasteiger partial charge in [0, 0.05) is 28.3 Å². The number of carbonyl (C=O) groups is 1. The van der Waals surface area contributed by atoms with Crippen LogP contribution in [0.5, 0.6) is 5.75 Å². The Bertz CT molecular complexity index is 1610. The Hall–Kier alpha value is -3.99. The van der Waals surface area contributed by atoms with Crippen LogP contribution in [-0.2, 0) is 6.42 Å². The molecule has 198 valence electrons. The number of aryl methyl sites for hydroxylation is 1. The maximum atomic E-state index is 13.4. The van der Waals surface area contributed by atoms with Crippen LogP contribution in [0.1, 0.15) is 51.0 Å². The highest BCUT2D eigenvalue weighted by molar-refractivity contribution is 8.01. The average molecular weight is 567 g/mol. The topological polar surface area (TPSA) is 134 Å². The van der Waals surface area contributed by atoms with Crippen molar-refractivity contribution in [3.63, 3.8) is 0 Å². The monoisotopic (exact) mass is 566 g/mol. The van der Waals surface area contributed by atoms with Gasteiger partial charge in [-0.25, -0.2) is 8.78 Å².